The molecule has 0 atom stereocenters. The van der Waals surface area contributed by atoms with Crippen LogP contribution in [0.3, 0.4) is 0 Å². The summed E-state index contributed by atoms with van der Waals surface area (Å²) in [5, 5.41) is 7.61. The number of pyridine rings is 1. The van der Waals surface area contributed by atoms with Gasteiger partial charge in [0.25, 0.3) is 0 Å². The number of hydrogen-bond donors (Lipinski definition) is 0. The van der Waals surface area contributed by atoms with Gasteiger partial charge in [-0.15, -0.1) is 10.2 Å². The Labute approximate surface area is 111 Å². The molecule has 0 N–H and O–H groups in total. The minimum absolute atomic E-state index is 0.942. The van der Waals surface area contributed by atoms with Crippen LogP contribution in [0.5, 0.6) is 0 Å². The normalized spacial score (nSPS) is 10.9. The van der Waals surface area contributed by atoms with Crippen molar-refractivity contribution in [1.29, 1.82) is 0 Å². The van der Waals surface area contributed by atoms with Gasteiger partial charge < -0.3 is 0 Å². The van der Waals surface area contributed by atoms with Crippen LogP contribution in [0.25, 0.3) is 17.8 Å². The molecule has 0 unspecified atom stereocenters. The molecule has 4 nitrogen and oxygen atoms in total. The second-order valence-corrected chi connectivity index (χ2v) is 4.05. The van der Waals surface area contributed by atoms with Gasteiger partial charge >= 0.3 is 0 Å². The van der Waals surface area contributed by atoms with E-state index in [9.17, 15) is 0 Å². The number of benzene rings is 1. The quantitative estimate of drug-likeness (QED) is 0.715. The third-order valence-electron chi connectivity index (χ3n) is 2.72. The summed E-state index contributed by atoms with van der Waals surface area (Å²) in [4.78, 5) is 4.25. The molecular weight excluding hydrogens is 236 g/mol. The Morgan fingerprint density at radius 2 is 1.79 bits per heavy atom. The summed E-state index contributed by atoms with van der Waals surface area (Å²) < 4.78 is 1.87. The Balaban J connectivity index is 1.86. The van der Waals surface area contributed by atoms with Gasteiger partial charge in [-0.05, 0) is 35.9 Å². The van der Waals surface area contributed by atoms with Crippen molar-refractivity contribution in [3.05, 3.63) is 72.6 Å². The van der Waals surface area contributed by atoms with Crippen molar-refractivity contribution in [2.45, 2.75) is 0 Å². The van der Waals surface area contributed by atoms with E-state index in [1.807, 2.05) is 53.1 Å². The lowest BCUT2D eigenvalue weighted by molar-refractivity contribution is 1.05. The van der Waals surface area contributed by atoms with Crippen molar-refractivity contribution in [2.75, 3.05) is 0 Å². The van der Waals surface area contributed by atoms with E-state index in [2.05, 4.69) is 21.2 Å². The second-order valence-electron chi connectivity index (χ2n) is 4.05. The third-order valence-corrected chi connectivity index (χ3v) is 2.72. The molecule has 0 amide bonds. The van der Waals surface area contributed by atoms with Crippen molar-refractivity contribution >= 4 is 12.2 Å². The lowest BCUT2D eigenvalue weighted by Gasteiger charge is -2.01. The van der Waals surface area contributed by atoms with E-state index < -0.39 is 0 Å². The van der Waals surface area contributed by atoms with Crippen LogP contribution in [0.15, 0.2) is 61.3 Å². The number of nitrogens with zero attached hydrogens (tertiary/aromatic N) is 4. The maximum absolute atomic E-state index is 4.25. The van der Waals surface area contributed by atoms with Gasteiger partial charge in [0.1, 0.15) is 12.7 Å². The van der Waals surface area contributed by atoms with E-state index in [-0.39, 0.29) is 0 Å². The van der Waals surface area contributed by atoms with Crippen molar-refractivity contribution in [3.8, 4) is 5.69 Å². The molecular formula is C15H12N4. The summed E-state index contributed by atoms with van der Waals surface area (Å²) in [6.07, 6.45) is 9.18. The van der Waals surface area contributed by atoms with E-state index in [1.165, 1.54) is 0 Å². The minimum Gasteiger partial charge on any atom is -0.288 e. The summed E-state index contributed by atoms with van der Waals surface area (Å²) in [5.41, 5.74) is 3.09. The van der Waals surface area contributed by atoms with Crippen LogP contribution in [-0.4, -0.2) is 19.7 Å². The maximum atomic E-state index is 4.25. The molecule has 19 heavy (non-hydrogen) atoms. The van der Waals surface area contributed by atoms with Gasteiger partial charge in [0.15, 0.2) is 0 Å². The van der Waals surface area contributed by atoms with E-state index >= 15 is 0 Å². The largest absolute Gasteiger partial charge is 0.288 e. The van der Waals surface area contributed by atoms with Crippen LogP contribution in [0, 0.1) is 0 Å². The summed E-state index contributed by atoms with van der Waals surface area (Å²) in [6.45, 7) is 0. The van der Waals surface area contributed by atoms with Crippen molar-refractivity contribution < 1.29 is 0 Å². The fourth-order valence-electron chi connectivity index (χ4n) is 1.78. The van der Waals surface area contributed by atoms with Crippen LogP contribution < -0.4 is 0 Å². The van der Waals surface area contributed by atoms with E-state index in [4.69, 9.17) is 0 Å². The molecule has 0 spiro atoms. The summed E-state index contributed by atoms with van der Waals surface area (Å²) in [6, 6.07) is 14.0. The van der Waals surface area contributed by atoms with Crippen molar-refractivity contribution in [3.63, 3.8) is 0 Å². The van der Waals surface area contributed by atoms with Crippen molar-refractivity contribution in [2.24, 2.45) is 0 Å². The van der Waals surface area contributed by atoms with Crippen LogP contribution in [-0.2, 0) is 0 Å². The van der Waals surface area contributed by atoms with Gasteiger partial charge in [-0.25, -0.2) is 0 Å². The highest BCUT2D eigenvalue weighted by Crippen LogP contribution is 2.12. The second kappa shape index (κ2) is 5.27. The Morgan fingerprint density at radius 1 is 0.895 bits per heavy atom. The number of rotatable bonds is 3. The molecule has 3 rings (SSSR count). The average molecular weight is 248 g/mol. The Kier molecular flexibility index (Phi) is 3.14. The van der Waals surface area contributed by atoms with E-state index in [1.54, 1.807) is 18.9 Å². The minimum atomic E-state index is 0.942. The zero-order chi connectivity index (χ0) is 12.9. The first-order valence-electron chi connectivity index (χ1n) is 5.96. The molecule has 0 aliphatic carbocycles. The highest BCUT2D eigenvalue weighted by Gasteiger charge is 1.96. The average Bonchev–Trinajstić information content (AvgIpc) is 3.01. The highest BCUT2D eigenvalue weighted by molar-refractivity contribution is 5.68. The van der Waals surface area contributed by atoms with Gasteiger partial charge in [-0.1, -0.05) is 24.3 Å². The fourth-order valence-corrected chi connectivity index (χ4v) is 1.78. The highest BCUT2D eigenvalue weighted by atomic mass is 15.2. The van der Waals surface area contributed by atoms with Crippen LogP contribution in [0.1, 0.15) is 11.3 Å². The smallest absolute Gasteiger partial charge is 0.123 e. The predicted molar refractivity (Wildman–Crippen MR) is 74.5 cm³/mol. The van der Waals surface area contributed by atoms with Gasteiger partial charge in [-0.2, -0.15) is 0 Å². The monoisotopic (exact) mass is 248 g/mol. The fraction of sp³-hybridized carbons (Fsp3) is 0. The standard InChI is InChI=1S/C15H12N4/c1-2-9-16-14(5-1)8-7-13-4-3-6-15(10-13)19-11-17-18-12-19/h1-12H. The number of hydrogen-bond acceptors (Lipinski definition) is 3. The van der Waals surface area contributed by atoms with Gasteiger partial charge in [0.2, 0.25) is 0 Å². The topological polar surface area (TPSA) is 43.6 Å². The first-order chi connectivity index (χ1) is 9.42. The third kappa shape index (κ3) is 2.74. The Bertz CT molecular complexity index is 672. The number of aromatic nitrogens is 4. The molecule has 0 aliphatic heterocycles. The molecule has 0 fully saturated rings. The molecule has 0 bridgehead atoms. The molecule has 2 heterocycles. The first kappa shape index (κ1) is 11.3. The van der Waals surface area contributed by atoms with Crippen LogP contribution >= 0.6 is 0 Å². The summed E-state index contributed by atoms with van der Waals surface area (Å²) >= 11 is 0. The molecule has 92 valence electrons. The molecule has 4 heteroatoms. The van der Waals surface area contributed by atoms with Crippen molar-refractivity contribution in [1.82, 2.24) is 19.7 Å². The van der Waals surface area contributed by atoms with E-state index in [0.29, 0.717) is 0 Å². The van der Waals surface area contributed by atoms with Gasteiger partial charge in [0.05, 0.1) is 5.69 Å². The van der Waals surface area contributed by atoms with E-state index in [0.717, 1.165) is 16.9 Å². The molecule has 0 saturated carbocycles. The van der Waals surface area contributed by atoms with Gasteiger partial charge in [0, 0.05) is 11.9 Å². The zero-order valence-corrected chi connectivity index (χ0v) is 10.2. The van der Waals surface area contributed by atoms with Crippen LogP contribution in [0.2, 0.25) is 0 Å². The predicted octanol–water partition coefficient (Wildman–Crippen LogP) is 2.83. The molecule has 2 aromatic heterocycles. The SMILES string of the molecule is C(=Cc1ccccn1)c1cccc(-n2cnnc2)c1. The summed E-state index contributed by atoms with van der Waals surface area (Å²) in [7, 11) is 0. The summed E-state index contributed by atoms with van der Waals surface area (Å²) in [5.74, 6) is 0. The van der Waals surface area contributed by atoms with Gasteiger partial charge in [-0.3, -0.25) is 9.55 Å². The maximum Gasteiger partial charge on any atom is 0.123 e. The Hall–Kier alpha value is -2.75. The lowest BCUT2D eigenvalue weighted by Crippen LogP contribution is -1.89. The molecule has 1 aromatic carbocycles. The van der Waals surface area contributed by atoms with Crippen LogP contribution in [0.4, 0.5) is 0 Å². The molecule has 0 saturated heterocycles. The zero-order valence-electron chi connectivity index (χ0n) is 10.2. The molecule has 0 aliphatic rings. The lowest BCUT2D eigenvalue weighted by atomic mass is 10.1. The molecule has 3 aromatic rings. The first-order valence-corrected chi connectivity index (χ1v) is 5.96. The Morgan fingerprint density at radius 3 is 2.58 bits per heavy atom. The molecule has 0 radical (unpaired) electrons.